The van der Waals surface area contributed by atoms with Crippen LogP contribution in [0.4, 0.5) is 27.6 Å². The van der Waals surface area contributed by atoms with Crippen molar-refractivity contribution in [2.24, 2.45) is 5.41 Å². The molecule has 2 saturated heterocycles. The van der Waals surface area contributed by atoms with Crippen molar-refractivity contribution in [1.29, 1.82) is 0 Å². The van der Waals surface area contributed by atoms with Crippen LogP contribution >= 0.6 is 12.2 Å². The quantitative estimate of drug-likeness (QED) is 0.209. The van der Waals surface area contributed by atoms with Gasteiger partial charge in [-0.1, -0.05) is 12.1 Å². The molecule has 1 spiro atoms. The molecule has 11 heteroatoms. The highest BCUT2D eigenvalue weighted by Crippen LogP contribution is 2.41. The van der Waals surface area contributed by atoms with E-state index in [1.165, 1.54) is 6.92 Å². The molecule has 2 fully saturated rings. The maximum atomic E-state index is 14.0. The fourth-order valence-electron chi connectivity index (χ4n) is 4.63. The van der Waals surface area contributed by atoms with Gasteiger partial charge in [-0.3, -0.25) is 9.59 Å². The van der Waals surface area contributed by atoms with Gasteiger partial charge in [0.1, 0.15) is 5.69 Å². The van der Waals surface area contributed by atoms with Crippen molar-refractivity contribution in [1.82, 2.24) is 9.80 Å². The summed E-state index contributed by atoms with van der Waals surface area (Å²) in [7, 11) is 0. The number of piperidine rings is 1. The third kappa shape index (κ3) is 4.73. The first-order valence-electron chi connectivity index (χ1n) is 11.0. The highest BCUT2D eigenvalue weighted by atomic mass is 32.1. The van der Waals surface area contributed by atoms with E-state index in [1.54, 1.807) is 34.1 Å². The van der Waals surface area contributed by atoms with E-state index in [-0.39, 0.29) is 22.2 Å². The first-order chi connectivity index (χ1) is 16.5. The SMILES string of the molecule is CC(=O)c1ccc(C(=O)N2CCC3(CC2)CCN(C(=S)Nc2c(F)c(F)c(F)c(F)c2F)C3)cc1. The molecule has 2 aromatic carbocycles. The standard InChI is InChI=1S/C24H22F5N3O2S/c1-13(33)14-2-4-15(5-3-14)22(34)31-9-6-24(7-10-31)8-11-32(12-24)23(35)30-21-19(28)17(26)16(25)18(27)20(21)29/h2-5H,6-12H2,1H3,(H,30,35). The summed E-state index contributed by atoms with van der Waals surface area (Å²) in [6.07, 6.45) is 2.05. The molecule has 0 unspecified atom stereocenters. The third-order valence-corrected chi connectivity index (χ3v) is 7.18. The summed E-state index contributed by atoms with van der Waals surface area (Å²) >= 11 is 5.20. The van der Waals surface area contributed by atoms with Crippen LogP contribution in [0.15, 0.2) is 24.3 Å². The zero-order valence-corrected chi connectivity index (χ0v) is 19.6. The fourth-order valence-corrected chi connectivity index (χ4v) is 4.89. The number of carbonyl (C=O) groups excluding carboxylic acids is 2. The number of carbonyl (C=O) groups is 2. The molecule has 1 amide bonds. The smallest absolute Gasteiger partial charge is 0.253 e. The highest BCUT2D eigenvalue weighted by molar-refractivity contribution is 7.80. The minimum Gasteiger partial charge on any atom is -0.348 e. The first kappa shape index (κ1) is 25.0. The van der Waals surface area contributed by atoms with Gasteiger partial charge in [-0.25, -0.2) is 22.0 Å². The molecule has 0 radical (unpaired) electrons. The maximum Gasteiger partial charge on any atom is 0.253 e. The molecular formula is C24H22F5N3O2S. The number of likely N-dealkylation sites (tertiary alicyclic amines) is 2. The molecule has 0 saturated carbocycles. The van der Waals surface area contributed by atoms with E-state index in [1.807, 2.05) is 0 Å². The number of thiocarbonyl (C=S) groups is 1. The molecule has 2 aliphatic rings. The molecular weight excluding hydrogens is 489 g/mol. The normalized spacial score (nSPS) is 17.1. The Kier molecular flexibility index (Phi) is 6.81. The number of hydrogen-bond acceptors (Lipinski definition) is 3. The number of rotatable bonds is 3. The van der Waals surface area contributed by atoms with Crippen molar-refractivity contribution in [2.45, 2.75) is 26.2 Å². The molecule has 2 aromatic rings. The predicted octanol–water partition coefficient (Wildman–Crippen LogP) is 4.91. The van der Waals surface area contributed by atoms with Crippen LogP contribution in [0, 0.1) is 34.5 Å². The second kappa shape index (κ2) is 9.52. The lowest BCUT2D eigenvalue weighted by Gasteiger charge is -2.39. The second-order valence-corrected chi connectivity index (χ2v) is 9.36. The molecule has 0 aliphatic carbocycles. The number of Topliss-reactive ketones (excluding diaryl/α,β-unsaturated/α-hetero) is 1. The van der Waals surface area contributed by atoms with E-state index in [9.17, 15) is 31.5 Å². The minimum absolute atomic E-state index is 0.0812. The van der Waals surface area contributed by atoms with Crippen LogP contribution < -0.4 is 5.32 Å². The number of nitrogens with zero attached hydrogens (tertiary/aromatic N) is 2. The van der Waals surface area contributed by atoms with Crippen molar-refractivity contribution in [3.63, 3.8) is 0 Å². The molecule has 5 nitrogen and oxygen atoms in total. The van der Waals surface area contributed by atoms with Gasteiger partial charge in [-0.2, -0.15) is 0 Å². The van der Waals surface area contributed by atoms with Gasteiger partial charge in [0.2, 0.25) is 5.82 Å². The maximum absolute atomic E-state index is 14.0. The van der Waals surface area contributed by atoms with Gasteiger partial charge in [-0.05, 0) is 56.0 Å². The summed E-state index contributed by atoms with van der Waals surface area (Å²) in [5.41, 5.74) is -0.339. The predicted molar refractivity (Wildman–Crippen MR) is 123 cm³/mol. The van der Waals surface area contributed by atoms with Crippen molar-refractivity contribution in [3.05, 3.63) is 64.5 Å². The number of halogens is 5. The zero-order valence-electron chi connectivity index (χ0n) is 18.8. The van der Waals surface area contributed by atoms with Crippen molar-refractivity contribution in [2.75, 3.05) is 31.5 Å². The van der Waals surface area contributed by atoms with Crippen LogP contribution in [-0.2, 0) is 0 Å². The number of anilines is 1. The van der Waals surface area contributed by atoms with Gasteiger partial charge in [0.05, 0.1) is 0 Å². The topological polar surface area (TPSA) is 52.7 Å². The van der Waals surface area contributed by atoms with Crippen LogP contribution in [0.5, 0.6) is 0 Å². The average molecular weight is 512 g/mol. The third-order valence-electron chi connectivity index (χ3n) is 6.82. The number of benzene rings is 2. The van der Waals surface area contributed by atoms with Crippen molar-refractivity contribution in [3.8, 4) is 0 Å². The van der Waals surface area contributed by atoms with Crippen LogP contribution in [0.1, 0.15) is 46.9 Å². The molecule has 0 aromatic heterocycles. The summed E-state index contributed by atoms with van der Waals surface area (Å²) in [5, 5.41) is 2.05. The lowest BCUT2D eigenvalue weighted by molar-refractivity contribution is 0.0598. The number of hydrogen-bond donors (Lipinski definition) is 1. The van der Waals surface area contributed by atoms with Gasteiger partial charge in [0.15, 0.2) is 34.2 Å². The van der Waals surface area contributed by atoms with E-state index in [0.717, 1.165) is 0 Å². The molecule has 1 N–H and O–H groups in total. The second-order valence-electron chi connectivity index (χ2n) is 8.97. The lowest BCUT2D eigenvalue weighted by atomic mass is 9.77. The van der Waals surface area contributed by atoms with E-state index >= 15 is 0 Å². The molecule has 2 aliphatic heterocycles. The molecule has 35 heavy (non-hydrogen) atoms. The van der Waals surface area contributed by atoms with E-state index in [0.29, 0.717) is 56.6 Å². The first-order valence-corrected chi connectivity index (χ1v) is 11.4. The van der Waals surface area contributed by atoms with Crippen molar-refractivity contribution >= 4 is 34.7 Å². The summed E-state index contributed by atoms with van der Waals surface area (Å²) < 4.78 is 68.3. The molecule has 2 heterocycles. The minimum atomic E-state index is -2.23. The summed E-state index contributed by atoms with van der Waals surface area (Å²) in [6, 6.07) is 6.50. The summed E-state index contributed by atoms with van der Waals surface area (Å²) in [4.78, 5) is 27.7. The summed E-state index contributed by atoms with van der Waals surface area (Å²) in [5.74, 6) is -10.5. The lowest BCUT2D eigenvalue weighted by Crippen LogP contribution is -2.45. The summed E-state index contributed by atoms with van der Waals surface area (Å²) in [6.45, 7) is 3.33. The Morgan fingerprint density at radius 2 is 1.26 bits per heavy atom. The van der Waals surface area contributed by atoms with Gasteiger partial charge in [0, 0.05) is 37.3 Å². The Bertz CT molecular complexity index is 1170. The zero-order chi connectivity index (χ0) is 25.5. The average Bonchev–Trinajstić information content (AvgIpc) is 3.27. The van der Waals surface area contributed by atoms with Crippen LogP contribution in [0.3, 0.4) is 0 Å². The van der Waals surface area contributed by atoms with Gasteiger partial charge in [0.25, 0.3) is 5.91 Å². The van der Waals surface area contributed by atoms with E-state index in [4.69, 9.17) is 12.2 Å². The molecule has 186 valence electrons. The molecule has 4 rings (SSSR count). The Balaban J connectivity index is 1.37. The number of nitrogens with one attached hydrogen (secondary N) is 1. The van der Waals surface area contributed by atoms with Gasteiger partial charge in [-0.15, -0.1) is 0 Å². The number of amides is 1. The van der Waals surface area contributed by atoms with Gasteiger partial charge >= 0.3 is 0 Å². The monoisotopic (exact) mass is 511 g/mol. The largest absolute Gasteiger partial charge is 0.348 e. The molecule has 0 bridgehead atoms. The van der Waals surface area contributed by atoms with Crippen LogP contribution in [0.25, 0.3) is 0 Å². The fraction of sp³-hybridized carbons (Fsp3) is 0.375. The Morgan fingerprint density at radius 1 is 0.800 bits per heavy atom. The Morgan fingerprint density at radius 3 is 1.77 bits per heavy atom. The number of ketones is 1. The van der Waals surface area contributed by atoms with E-state index < -0.39 is 34.8 Å². The highest BCUT2D eigenvalue weighted by Gasteiger charge is 2.42. The van der Waals surface area contributed by atoms with Crippen LogP contribution in [0.2, 0.25) is 0 Å². The Hall–Kier alpha value is -3.08. The molecule has 0 atom stereocenters. The van der Waals surface area contributed by atoms with Crippen LogP contribution in [-0.4, -0.2) is 52.8 Å². The van der Waals surface area contributed by atoms with E-state index in [2.05, 4.69) is 5.32 Å². The Labute approximate surface area is 203 Å². The van der Waals surface area contributed by atoms with Crippen molar-refractivity contribution < 1.29 is 31.5 Å². The van der Waals surface area contributed by atoms with Gasteiger partial charge < -0.3 is 15.1 Å².